The molecule has 1 aliphatic carbocycles. The molecule has 3 heteroatoms. The van der Waals surface area contributed by atoms with Crippen molar-refractivity contribution in [3.8, 4) is 0 Å². The van der Waals surface area contributed by atoms with Gasteiger partial charge in [0.25, 0.3) is 0 Å². The Kier molecular flexibility index (Phi) is 5.44. The van der Waals surface area contributed by atoms with E-state index in [1.807, 2.05) is 0 Å². The third-order valence-electron chi connectivity index (χ3n) is 3.42. The monoisotopic (exact) mass is 231 g/mol. The lowest BCUT2D eigenvalue weighted by atomic mass is 9.97. The molecule has 0 saturated heterocycles. The van der Waals surface area contributed by atoms with Crippen LogP contribution in [0.1, 0.15) is 39.5 Å². The zero-order valence-electron chi connectivity index (χ0n) is 9.76. The van der Waals surface area contributed by atoms with Gasteiger partial charge in [-0.1, -0.05) is 20.3 Å². The van der Waals surface area contributed by atoms with Gasteiger partial charge in [0.1, 0.15) is 0 Å². The highest BCUT2D eigenvalue weighted by atomic mass is 35.5. The number of rotatable bonds is 5. The Morgan fingerprint density at radius 3 is 2.80 bits per heavy atom. The maximum Gasteiger partial charge on any atom is 0.223 e. The highest BCUT2D eigenvalue weighted by molar-refractivity contribution is 6.17. The normalized spacial score (nSPS) is 27.7. The topological polar surface area (TPSA) is 29.1 Å². The van der Waals surface area contributed by atoms with E-state index in [1.54, 1.807) is 0 Å². The molecule has 0 spiro atoms. The lowest BCUT2D eigenvalue weighted by Gasteiger charge is -2.17. The molecule has 0 bridgehead atoms. The summed E-state index contributed by atoms with van der Waals surface area (Å²) >= 11 is 5.65. The predicted molar refractivity (Wildman–Crippen MR) is 64.0 cm³/mol. The van der Waals surface area contributed by atoms with Crippen LogP contribution in [-0.2, 0) is 4.79 Å². The Balaban J connectivity index is 2.23. The summed E-state index contributed by atoms with van der Waals surface area (Å²) in [5.74, 6) is 2.24. The smallest absolute Gasteiger partial charge is 0.223 e. The van der Waals surface area contributed by atoms with Gasteiger partial charge in [-0.15, -0.1) is 11.6 Å². The molecular weight excluding hydrogens is 210 g/mol. The van der Waals surface area contributed by atoms with Gasteiger partial charge in [-0.2, -0.15) is 0 Å². The molecule has 1 fully saturated rings. The largest absolute Gasteiger partial charge is 0.356 e. The number of alkyl halides is 1. The maximum absolute atomic E-state index is 11.8. The fraction of sp³-hybridized carbons (Fsp3) is 0.917. The van der Waals surface area contributed by atoms with Crippen molar-refractivity contribution in [1.29, 1.82) is 0 Å². The molecule has 0 heterocycles. The van der Waals surface area contributed by atoms with Gasteiger partial charge >= 0.3 is 0 Å². The Morgan fingerprint density at radius 1 is 1.53 bits per heavy atom. The summed E-state index contributed by atoms with van der Waals surface area (Å²) in [6, 6.07) is 0. The summed E-state index contributed by atoms with van der Waals surface area (Å²) in [4.78, 5) is 11.8. The highest BCUT2D eigenvalue weighted by Crippen LogP contribution is 2.31. The molecule has 1 saturated carbocycles. The van der Waals surface area contributed by atoms with Crippen LogP contribution in [0.4, 0.5) is 0 Å². The van der Waals surface area contributed by atoms with Gasteiger partial charge in [0.05, 0.1) is 0 Å². The second kappa shape index (κ2) is 6.37. The van der Waals surface area contributed by atoms with E-state index < -0.39 is 0 Å². The van der Waals surface area contributed by atoms with Crippen LogP contribution < -0.4 is 5.32 Å². The van der Waals surface area contributed by atoms with Gasteiger partial charge in [0.15, 0.2) is 0 Å². The zero-order valence-corrected chi connectivity index (χ0v) is 10.5. The Hall–Kier alpha value is -0.240. The lowest BCUT2D eigenvalue weighted by molar-refractivity contribution is -0.126. The molecule has 0 aromatic carbocycles. The van der Waals surface area contributed by atoms with Crippen LogP contribution in [0.25, 0.3) is 0 Å². The van der Waals surface area contributed by atoms with Gasteiger partial charge < -0.3 is 5.32 Å². The molecule has 0 aromatic rings. The second-order valence-corrected chi connectivity index (χ2v) is 5.22. The van der Waals surface area contributed by atoms with E-state index in [4.69, 9.17) is 11.6 Å². The SMILES string of the molecule is CC(CCCl)CNC(=O)C1CCCC1C. The molecule has 0 aromatic heterocycles. The van der Waals surface area contributed by atoms with Crippen molar-refractivity contribution in [3.05, 3.63) is 0 Å². The molecule has 1 aliphatic rings. The van der Waals surface area contributed by atoms with Gasteiger partial charge in [0.2, 0.25) is 5.91 Å². The van der Waals surface area contributed by atoms with Crippen molar-refractivity contribution in [3.63, 3.8) is 0 Å². The number of hydrogen-bond donors (Lipinski definition) is 1. The van der Waals surface area contributed by atoms with Gasteiger partial charge in [-0.25, -0.2) is 0 Å². The molecule has 0 aliphatic heterocycles. The van der Waals surface area contributed by atoms with E-state index in [0.29, 0.717) is 17.7 Å². The molecule has 1 rings (SSSR count). The Morgan fingerprint density at radius 2 is 2.27 bits per heavy atom. The van der Waals surface area contributed by atoms with Crippen molar-refractivity contribution in [2.24, 2.45) is 17.8 Å². The summed E-state index contributed by atoms with van der Waals surface area (Å²) in [6.45, 7) is 5.08. The first kappa shape index (κ1) is 12.8. The summed E-state index contributed by atoms with van der Waals surface area (Å²) in [6.07, 6.45) is 4.45. The summed E-state index contributed by atoms with van der Waals surface area (Å²) in [5.41, 5.74) is 0. The Bertz CT molecular complexity index is 208. The van der Waals surface area contributed by atoms with Gasteiger partial charge in [-0.05, 0) is 31.1 Å². The lowest BCUT2D eigenvalue weighted by Crippen LogP contribution is -2.34. The number of carbonyl (C=O) groups is 1. The number of amides is 1. The number of nitrogens with one attached hydrogen (secondary N) is 1. The van der Waals surface area contributed by atoms with Crippen LogP contribution in [0.5, 0.6) is 0 Å². The predicted octanol–water partition coefficient (Wildman–Crippen LogP) is 2.80. The highest BCUT2D eigenvalue weighted by Gasteiger charge is 2.29. The van der Waals surface area contributed by atoms with Crippen LogP contribution >= 0.6 is 11.6 Å². The molecule has 3 atom stereocenters. The first-order valence-corrected chi connectivity index (χ1v) is 6.52. The molecule has 3 unspecified atom stereocenters. The van der Waals surface area contributed by atoms with E-state index in [-0.39, 0.29) is 11.8 Å². The standard InChI is InChI=1S/C12H22ClNO/c1-9(6-7-13)8-14-12(15)11-5-3-4-10(11)2/h9-11H,3-8H2,1-2H3,(H,14,15). The van der Waals surface area contributed by atoms with Crippen molar-refractivity contribution < 1.29 is 4.79 Å². The molecule has 88 valence electrons. The minimum atomic E-state index is 0.251. The first-order chi connectivity index (χ1) is 7.15. The quantitative estimate of drug-likeness (QED) is 0.725. The third-order valence-corrected chi connectivity index (χ3v) is 3.64. The third kappa shape index (κ3) is 4.02. The molecule has 0 radical (unpaired) electrons. The molecule has 15 heavy (non-hydrogen) atoms. The summed E-state index contributed by atoms with van der Waals surface area (Å²) in [7, 11) is 0. The molecular formula is C12H22ClNO. The van der Waals surface area contributed by atoms with Crippen LogP contribution in [0, 0.1) is 17.8 Å². The second-order valence-electron chi connectivity index (χ2n) is 4.84. The summed E-state index contributed by atoms with van der Waals surface area (Å²) in [5, 5.41) is 3.04. The van der Waals surface area contributed by atoms with E-state index in [2.05, 4.69) is 19.2 Å². The number of halogens is 1. The van der Waals surface area contributed by atoms with Crippen LogP contribution in [0.15, 0.2) is 0 Å². The minimum absolute atomic E-state index is 0.251. The van der Waals surface area contributed by atoms with Crippen molar-refractivity contribution in [2.75, 3.05) is 12.4 Å². The zero-order chi connectivity index (χ0) is 11.3. The Labute approximate surface area is 97.8 Å². The van der Waals surface area contributed by atoms with E-state index in [9.17, 15) is 4.79 Å². The number of hydrogen-bond acceptors (Lipinski definition) is 1. The minimum Gasteiger partial charge on any atom is -0.356 e. The van der Waals surface area contributed by atoms with E-state index >= 15 is 0 Å². The average Bonchev–Trinajstić information content (AvgIpc) is 2.61. The van der Waals surface area contributed by atoms with Gasteiger partial charge in [0, 0.05) is 18.3 Å². The van der Waals surface area contributed by atoms with Crippen LogP contribution in [0.3, 0.4) is 0 Å². The molecule has 1 N–H and O–H groups in total. The van der Waals surface area contributed by atoms with Crippen molar-refractivity contribution in [1.82, 2.24) is 5.32 Å². The van der Waals surface area contributed by atoms with Gasteiger partial charge in [-0.3, -0.25) is 4.79 Å². The maximum atomic E-state index is 11.8. The number of carbonyl (C=O) groups excluding carboxylic acids is 1. The van der Waals surface area contributed by atoms with Crippen molar-refractivity contribution >= 4 is 17.5 Å². The first-order valence-electron chi connectivity index (χ1n) is 5.98. The van der Waals surface area contributed by atoms with Crippen LogP contribution in [0.2, 0.25) is 0 Å². The summed E-state index contributed by atoms with van der Waals surface area (Å²) < 4.78 is 0. The average molecular weight is 232 g/mol. The molecule has 2 nitrogen and oxygen atoms in total. The fourth-order valence-corrected chi connectivity index (χ4v) is 2.60. The van der Waals surface area contributed by atoms with E-state index in [1.165, 1.54) is 12.8 Å². The van der Waals surface area contributed by atoms with E-state index in [0.717, 1.165) is 19.4 Å². The fourth-order valence-electron chi connectivity index (χ4n) is 2.23. The molecule has 1 amide bonds. The van der Waals surface area contributed by atoms with Crippen LogP contribution in [-0.4, -0.2) is 18.3 Å². The van der Waals surface area contributed by atoms with Crippen molar-refractivity contribution in [2.45, 2.75) is 39.5 Å².